The van der Waals surface area contributed by atoms with Gasteiger partial charge in [-0.15, -0.1) is 0 Å². The molecule has 0 aliphatic heterocycles. The maximum absolute atomic E-state index is 12.0. The molecule has 1 aliphatic carbocycles. The second kappa shape index (κ2) is 6.07. The van der Waals surface area contributed by atoms with Crippen LogP contribution in [0.5, 0.6) is 0 Å². The lowest BCUT2D eigenvalue weighted by molar-refractivity contribution is 0.0519. The van der Waals surface area contributed by atoms with Gasteiger partial charge in [0.2, 0.25) is 0 Å². The summed E-state index contributed by atoms with van der Waals surface area (Å²) in [5.74, 6) is 0.0803. The van der Waals surface area contributed by atoms with Gasteiger partial charge >= 0.3 is 5.97 Å². The topological polar surface area (TPSA) is 56.5 Å². The Labute approximate surface area is 140 Å². The molecule has 1 saturated carbocycles. The van der Waals surface area contributed by atoms with Crippen LogP contribution in [0.3, 0.4) is 0 Å². The van der Waals surface area contributed by atoms with E-state index in [0.717, 1.165) is 29.8 Å². The van der Waals surface area contributed by atoms with Crippen molar-refractivity contribution >= 4 is 11.6 Å². The third-order valence-corrected chi connectivity index (χ3v) is 4.53. The summed E-state index contributed by atoms with van der Waals surface area (Å²) in [4.78, 5) is 16.7. The van der Waals surface area contributed by atoms with Crippen molar-refractivity contribution < 1.29 is 9.53 Å². The molecule has 0 unspecified atom stereocenters. The van der Waals surface area contributed by atoms with Gasteiger partial charge in [0.25, 0.3) is 0 Å². The van der Waals surface area contributed by atoms with Gasteiger partial charge in [-0.1, -0.05) is 36.8 Å². The standard InChI is InChI=1S/C19H19N3O2/c1-2-24-19(23)16-12-18-20-15(13-7-4-3-5-8-13)11-17(22(18)21-16)14-9-6-10-14/h3-5,7-8,11-12,14H,2,6,9-10H2,1H3. The zero-order valence-corrected chi connectivity index (χ0v) is 13.6. The van der Waals surface area contributed by atoms with E-state index in [1.807, 2.05) is 34.8 Å². The van der Waals surface area contributed by atoms with Gasteiger partial charge in [0.1, 0.15) is 0 Å². The Bertz CT molecular complexity index is 882. The molecule has 5 heteroatoms. The minimum Gasteiger partial charge on any atom is -0.461 e. The van der Waals surface area contributed by atoms with Gasteiger partial charge in [-0.05, 0) is 25.8 Å². The van der Waals surface area contributed by atoms with Crippen molar-refractivity contribution in [2.24, 2.45) is 0 Å². The molecule has 2 aromatic heterocycles. The van der Waals surface area contributed by atoms with Gasteiger partial charge in [-0.3, -0.25) is 0 Å². The van der Waals surface area contributed by atoms with Crippen LogP contribution in [-0.4, -0.2) is 27.2 Å². The van der Waals surface area contributed by atoms with E-state index in [9.17, 15) is 4.79 Å². The van der Waals surface area contributed by atoms with E-state index in [0.29, 0.717) is 23.9 Å². The van der Waals surface area contributed by atoms with E-state index in [1.165, 1.54) is 6.42 Å². The number of hydrogen-bond acceptors (Lipinski definition) is 4. The van der Waals surface area contributed by atoms with Crippen LogP contribution in [0.25, 0.3) is 16.9 Å². The lowest BCUT2D eigenvalue weighted by Crippen LogP contribution is -2.15. The van der Waals surface area contributed by atoms with Crippen LogP contribution >= 0.6 is 0 Å². The second-order valence-corrected chi connectivity index (χ2v) is 6.08. The van der Waals surface area contributed by atoms with E-state index < -0.39 is 5.97 Å². The van der Waals surface area contributed by atoms with Crippen LogP contribution in [0.2, 0.25) is 0 Å². The van der Waals surface area contributed by atoms with Gasteiger partial charge in [-0.25, -0.2) is 14.3 Å². The third kappa shape index (κ3) is 2.56. The lowest BCUT2D eigenvalue weighted by Gasteiger charge is -2.26. The molecule has 2 heterocycles. The Balaban J connectivity index is 1.86. The van der Waals surface area contributed by atoms with Crippen molar-refractivity contribution in [3.8, 4) is 11.3 Å². The predicted octanol–water partition coefficient (Wildman–Crippen LogP) is 3.84. The molecule has 0 radical (unpaired) electrons. The molecule has 122 valence electrons. The first-order valence-electron chi connectivity index (χ1n) is 8.39. The van der Waals surface area contributed by atoms with Crippen LogP contribution in [0.1, 0.15) is 48.3 Å². The average Bonchev–Trinajstić information content (AvgIpc) is 2.99. The fourth-order valence-electron chi connectivity index (χ4n) is 3.05. The highest BCUT2D eigenvalue weighted by molar-refractivity contribution is 5.88. The summed E-state index contributed by atoms with van der Waals surface area (Å²) >= 11 is 0. The highest BCUT2D eigenvalue weighted by atomic mass is 16.5. The van der Waals surface area contributed by atoms with Gasteiger partial charge < -0.3 is 4.74 Å². The second-order valence-electron chi connectivity index (χ2n) is 6.08. The van der Waals surface area contributed by atoms with Crippen molar-refractivity contribution in [3.05, 3.63) is 53.9 Å². The van der Waals surface area contributed by atoms with Crippen molar-refractivity contribution in [2.75, 3.05) is 6.61 Å². The van der Waals surface area contributed by atoms with Crippen LogP contribution in [0.4, 0.5) is 0 Å². The van der Waals surface area contributed by atoms with Crippen LogP contribution in [0.15, 0.2) is 42.5 Å². The van der Waals surface area contributed by atoms with Gasteiger partial charge in [0.15, 0.2) is 11.3 Å². The summed E-state index contributed by atoms with van der Waals surface area (Å²) in [7, 11) is 0. The van der Waals surface area contributed by atoms with Gasteiger partial charge in [0.05, 0.1) is 12.3 Å². The largest absolute Gasteiger partial charge is 0.461 e. The van der Waals surface area contributed by atoms with E-state index in [-0.39, 0.29) is 0 Å². The molecule has 0 bridgehead atoms. The molecule has 0 amide bonds. The number of carbonyl (C=O) groups is 1. The molecular formula is C19H19N3O2. The Kier molecular flexibility index (Phi) is 3.76. The molecule has 1 fully saturated rings. The Morgan fingerprint density at radius 3 is 2.71 bits per heavy atom. The van der Waals surface area contributed by atoms with E-state index >= 15 is 0 Å². The Morgan fingerprint density at radius 1 is 1.25 bits per heavy atom. The summed E-state index contributed by atoms with van der Waals surface area (Å²) in [6.07, 6.45) is 3.55. The quantitative estimate of drug-likeness (QED) is 0.685. The monoisotopic (exact) mass is 321 g/mol. The minimum atomic E-state index is -0.399. The molecule has 1 aromatic carbocycles. The van der Waals surface area contributed by atoms with Gasteiger partial charge in [0, 0.05) is 23.2 Å². The highest BCUT2D eigenvalue weighted by Gasteiger charge is 2.25. The van der Waals surface area contributed by atoms with E-state index in [2.05, 4.69) is 11.2 Å². The van der Waals surface area contributed by atoms with E-state index in [4.69, 9.17) is 9.72 Å². The molecule has 0 N–H and O–H groups in total. The number of nitrogens with zero attached hydrogens (tertiary/aromatic N) is 3. The summed E-state index contributed by atoms with van der Waals surface area (Å²) in [6.45, 7) is 2.13. The highest BCUT2D eigenvalue weighted by Crippen LogP contribution is 2.37. The van der Waals surface area contributed by atoms with E-state index in [1.54, 1.807) is 13.0 Å². The first-order chi connectivity index (χ1) is 11.8. The average molecular weight is 321 g/mol. The minimum absolute atomic E-state index is 0.315. The number of fused-ring (bicyclic) bond motifs is 1. The van der Waals surface area contributed by atoms with Crippen molar-refractivity contribution in [3.63, 3.8) is 0 Å². The number of carbonyl (C=O) groups excluding carboxylic acids is 1. The molecular weight excluding hydrogens is 302 g/mol. The Morgan fingerprint density at radius 2 is 2.04 bits per heavy atom. The molecule has 4 rings (SSSR count). The molecule has 24 heavy (non-hydrogen) atoms. The summed E-state index contributed by atoms with van der Waals surface area (Å²) in [5, 5.41) is 4.45. The van der Waals surface area contributed by atoms with Crippen molar-refractivity contribution in [1.82, 2.24) is 14.6 Å². The molecule has 3 aromatic rings. The van der Waals surface area contributed by atoms with Crippen LogP contribution in [0, 0.1) is 0 Å². The number of ether oxygens (including phenoxy) is 1. The maximum Gasteiger partial charge on any atom is 0.358 e. The number of aromatic nitrogens is 3. The summed E-state index contributed by atoms with van der Waals surface area (Å²) < 4.78 is 6.88. The molecule has 5 nitrogen and oxygen atoms in total. The Hall–Kier alpha value is -2.69. The zero-order valence-electron chi connectivity index (χ0n) is 13.6. The normalized spacial score (nSPS) is 14.5. The fraction of sp³-hybridized carbons (Fsp3) is 0.316. The molecule has 0 saturated heterocycles. The molecule has 0 spiro atoms. The summed E-state index contributed by atoms with van der Waals surface area (Å²) in [6, 6.07) is 13.9. The first kappa shape index (κ1) is 14.9. The van der Waals surface area contributed by atoms with Gasteiger partial charge in [-0.2, -0.15) is 5.10 Å². The fourth-order valence-corrected chi connectivity index (χ4v) is 3.05. The number of rotatable bonds is 4. The smallest absolute Gasteiger partial charge is 0.358 e. The molecule has 1 aliphatic rings. The predicted molar refractivity (Wildman–Crippen MR) is 91.0 cm³/mol. The number of hydrogen-bond donors (Lipinski definition) is 0. The number of benzene rings is 1. The number of esters is 1. The molecule has 0 atom stereocenters. The summed E-state index contributed by atoms with van der Waals surface area (Å²) in [5.41, 5.74) is 4.12. The van der Waals surface area contributed by atoms with Crippen molar-refractivity contribution in [2.45, 2.75) is 32.1 Å². The SMILES string of the molecule is CCOC(=O)c1cc2nc(-c3ccccc3)cc(C3CCC3)n2n1. The van der Waals surface area contributed by atoms with Crippen LogP contribution < -0.4 is 0 Å². The first-order valence-corrected chi connectivity index (χ1v) is 8.39. The lowest BCUT2D eigenvalue weighted by atomic mass is 9.82. The van der Waals surface area contributed by atoms with Crippen molar-refractivity contribution in [1.29, 1.82) is 0 Å². The van der Waals surface area contributed by atoms with Crippen LogP contribution in [-0.2, 0) is 4.74 Å². The zero-order chi connectivity index (χ0) is 16.5. The maximum atomic E-state index is 12.0. The third-order valence-electron chi connectivity index (χ3n) is 4.53.